The third-order valence-electron chi connectivity index (χ3n) is 8.36. The Hall–Kier alpha value is -3.85. The number of anilines is 1. The topological polar surface area (TPSA) is 91.3 Å². The maximum Gasteiger partial charge on any atom is 0.255 e. The molecule has 1 amide bonds. The summed E-state index contributed by atoms with van der Waals surface area (Å²) in [6.45, 7) is 4.71. The quantitative estimate of drug-likeness (QED) is 0.205. The van der Waals surface area contributed by atoms with Crippen LogP contribution in [0.4, 0.5) is 5.69 Å². The lowest BCUT2D eigenvalue weighted by atomic mass is 9.89. The van der Waals surface area contributed by atoms with Gasteiger partial charge in [-0.25, -0.2) is 0 Å². The molecule has 7 nitrogen and oxygen atoms in total. The van der Waals surface area contributed by atoms with Gasteiger partial charge in [0.2, 0.25) is 0 Å². The van der Waals surface area contributed by atoms with Crippen LogP contribution < -0.4 is 5.32 Å². The Labute approximate surface area is 253 Å². The molecule has 0 aliphatic carbocycles. The predicted octanol–water partition coefficient (Wildman–Crippen LogP) is 6.28. The summed E-state index contributed by atoms with van der Waals surface area (Å²) < 4.78 is 13.2. The first-order valence-electron chi connectivity index (χ1n) is 14.7. The first-order valence-corrected chi connectivity index (χ1v) is 14.7. The van der Waals surface area contributed by atoms with E-state index in [1.165, 1.54) is 0 Å². The number of hydrogen-bond donors (Lipinski definition) is 3. The number of rotatable bonds is 10. The van der Waals surface area contributed by atoms with Crippen LogP contribution in [0.1, 0.15) is 65.0 Å². The molecule has 0 aromatic heterocycles. The van der Waals surface area contributed by atoms with Crippen molar-refractivity contribution >= 4 is 11.6 Å². The highest BCUT2D eigenvalue weighted by Crippen LogP contribution is 2.42. The van der Waals surface area contributed by atoms with E-state index in [0.717, 1.165) is 22.3 Å². The first kappa shape index (κ1) is 30.6. The second-order valence-electron chi connectivity index (χ2n) is 11.3. The summed E-state index contributed by atoms with van der Waals surface area (Å²) in [6.07, 6.45) is -1.73. The van der Waals surface area contributed by atoms with Crippen LogP contribution in [-0.2, 0) is 16.1 Å². The molecule has 7 heteroatoms. The van der Waals surface area contributed by atoms with E-state index in [4.69, 9.17) is 9.47 Å². The molecule has 0 spiro atoms. The van der Waals surface area contributed by atoms with Crippen LogP contribution in [0, 0.1) is 5.92 Å². The molecule has 4 aromatic carbocycles. The minimum Gasteiger partial charge on any atom is -0.392 e. The molecular formula is C36H40N2O5. The summed E-state index contributed by atoms with van der Waals surface area (Å²) in [7, 11) is 2.01. The van der Waals surface area contributed by atoms with Crippen molar-refractivity contribution in [3.63, 3.8) is 0 Å². The van der Waals surface area contributed by atoms with Crippen molar-refractivity contribution in [1.29, 1.82) is 0 Å². The number of aliphatic hydroxyl groups is 2. The van der Waals surface area contributed by atoms with Gasteiger partial charge in [0.05, 0.1) is 24.9 Å². The maximum absolute atomic E-state index is 12.6. The standard InChI is InChI=1S/C36H40N2O5/c1-24-32(22-38(3)25(2)33(40)27-10-6-4-7-11-27)42-36(43-34(24)28-16-14-26(23-39)15-17-28)30-18-20-31(21-19-30)37-35(41)29-12-8-5-9-13-29/h4-21,24-25,32-34,36,39-40H,22-23H2,1-3H3,(H,37,41). The average molecular weight is 581 g/mol. The zero-order valence-corrected chi connectivity index (χ0v) is 24.8. The number of hydrogen-bond acceptors (Lipinski definition) is 6. The molecule has 1 heterocycles. The van der Waals surface area contributed by atoms with Crippen molar-refractivity contribution < 1.29 is 24.5 Å². The van der Waals surface area contributed by atoms with Gasteiger partial charge < -0.3 is 25.0 Å². The van der Waals surface area contributed by atoms with Crippen LogP contribution >= 0.6 is 0 Å². The molecule has 6 unspecified atom stereocenters. The van der Waals surface area contributed by atoms with Crippen LogP contribution in [-0.4, -0.2) is 46.8 Å². The molecule has 4 aromatic rings. The van der Waals surface area contributed by atoms with Gasteiger partial charge in [0.15, 0.2) is 6.29 Å². The van der Waals surface area contributed by atoms with E-state index < -0.39 is 12.4 Å². The Morgan fingerprint density at radius 1 is 0.860 bits per heavy atom. The van der Waals surface area contributed by atoms with Crippen molar-refractivity contribution in [3.8, 4) is 0 Å². The Balaban J connectivity index is 1.35. The average Bonchev–Trinajstić information content (AvgIpc) is 3.06. The lowest BCUT2D eigenvalue weighted by Crippen LogP contribution is -2.46. The highest BCUT2D eigenvalue weighted by Gasteiger charge is 2.39. The van der Waals surface area contributed by atoms with Gasteiger partial charge in [-0.3, -0.25) is 9.69 Å². The largest absolute Gasteiger partial charge is 0.392 e. The Kier molecular flexibility index (Phi) is 10.0. The molecule has 224 valence electrons. The maximum atomic E-state index is 12.6. The Morgan fingerprint density at radius 2 is 1.47 bits per heavy atom. The Morgan fingerprint density at radius 3 is 2.09 bits per heavy atom. The second-order valence-corrected chi connectivity index (χ2v) is 11.3. The fraction of sp³-hybridized carbons (Fsp3) is 0.306. The molecule has 6 atom stereocenters. The number of aliphatic hydroxyl groups excluding tert-OH is 2. The zero-order chi connectivity index (χ0) is 30.3. The smallest absolute Gasteiger partial charge is 0.255 e. The third-order valence-corrected chi connectivity index (χ3v) is 8.36. The van der Waals surface area contributed by atoms with Crippen LogP contribution in [0.15, 0.2) is 109 Å². The number of carbonyl (C=O) groups excluding carboxylic acids is 1. The normalized spacial score (nSPS) is 21.7. The van der Waals surface area contributed by atoms with E-state index in [-0.39, 0.29) is 36.7 Å². The van der Waals surface area contributed by atoms with Crippen LogP contribution in [0.3, 0.4) is 0 Å². The number of benzene rings is 4. The molecule has 1 aliphatic rings. The van der Waals surface area contributed by atoms with Gasteiger partial charge in [-0.15, -0.1) is 0 Å². The fourth-order valence-corrected chi connectivity index (χ4v) is 5.46. The summed E-state index contributed by atoms with van der Waals surface area (Å²) >= 11 is 0. The van der Waals surface area contributed by atoms with Gasteiger partial charge in [0.1, 0.15) is 0 Å². The third kappa shape index (κ3) is 7.39. The molecular weight excluding hydrogens is 540 g/mol. The number of nitrogens with zero attached hydrogens (tertiary/aromatic N) is 1. The summed E-state index contributed by atoms with van der Waals surface area (Å²) in [5.74, 6) is -0.169. The van der Waals surface area contributed by atoms with E-state index >= 15 is 0 Å². The molecule has 1 fully saturated rings. The van der Waals surface area contributed by atoms with Crippen molar-refractivity contribution in [2.75, 3.05) is 18.9 Å². The predicted molar refractivity (Wildman–Crippen MR) is 167 cm³/mol. The van der Waals surface area contributed by atoms with Gasteiger partial charge >= 0.3 is 0 Å². The summed E-state index contributed by atoms with van der Waals surface area (Å²) in [5, 5.41) is 23.5. The summed E-state index contributed by atoms with van der Waals surface area (Å²) in [6, 6.07) is 34.0. The second kappa shape index (κ2) is 14.1. The van der Waals surface area contributed by atoms with Crippen LogP contribution in [0.5, 0.6) is 0 Å². The monoisotopic (exact) mass is 580 g/mol. The Bertz CT molecular complexity index is 1450. The first-order chi connectivity index (χ1) is 20.8. The minimum absolute atomic E-state index is 0.00387. The molecule has 0 bridgehead atoms. The van der Waals surface area contributed by atoms with Crippen LogP contribution in [0.2, 0.25) is 0 Å². The number of ether oxygens (including phenoxy) is 2. The van der Waals surface area contributed by atoms with Gasteiger partial charge in [-0.1, -0.05) is 91.9 Å². The number of likely N-dealkylation sites (N-methyl/N-ethyl adjacent to an activating group) is 1. The number of nitrogens with one attached hydrogen (secondary N) is 1. The SMILES string of the molecule is CC1C(CN(C)C(C)C(O)c2ccccc2)OC(c2ccc(NC(=O)c3ccccc3)cc2)OC1c1ccc(CO)cc1. The molecule has 3 N–H and O–H groups in total. The van der Waals surface area contributed by atoms with E-state index in [1.807, 2.05) is 111 Å². The summed E-state index contributed by atoms with van der Waals surface area (Å²) in [5.41, 5.74) is 4.84. The lowest BCUT2D eigenvalue weighted by molar-refractivity contribution is -0.276. The zero-order valence-electron chi connectivity index (χ0n) is 24.8. The highest BCUT2D eigenvalue weighted by atomic mass is 16.7. The van der Waals surface area contributed by atoms with Gasteiger partial charge in [0.25, 0.3) is 5.91 Å². The van der Waals surface area contributed by atoms with E-state index in [1.54, 1.807) is 12.1 Å². The van der Waals surface area contributed by atoms with Gasteiger partial charge in [-0.05, 0) is 54.9 Å². The van der Waals surface area contributed by atoms with Crippen molar-refractivity contribution in [2.24, 2.45) is 5.92 Å². The van der Waals surface area contributed by atoms with E-state index in [0.29, 0.717) is 17.8 Å². The van der Waals surface area contributed by atoms with Gasteiger partial charge in [-0.2, -0.15) is 0 Å². The minimum atomic E-state index is -0.641. The highest BCUT2D eigenvalue weighted by molar-refractivity contribution is 6.04. The molecule has 5 rings (SSSR count). The summed E-state index contributed by atoms with van der Waals surface area (Å²) in [4.78, 5) is 14.8. The number of carbonyl (C=O) groups is 1. The molecule has 1 aliphatic heterocycles. The molecule has 0 saturated carbocycles. The fourth-order valence-electron chi connectivity index (χ4n) is 5.46. The lowest BCUT2D eigenvalue weighted by Gasteiger charge is -2.43. The number of amides is 1. The van der Waals surface area contributed by atoms with E-state index in [9.17, 15) is 15.0 Å². The van der Waals surface area contributed by atoms with E-state index in [2.05, 4.69) is 17.1 Å². The van der Waals surface area contributed by atoms with Crippen molar-refractivity contribution in [1.82, 2.24) is 4.90 Å². The molecule has 43 heavy (non-hydrogen) atoms. The van der Waals surface area contributed by atoms with Gasteiger partial charge in [0, 0.05) is 35.3 Å². The van der Waals surface area contributed by atoms with Crippen molar-refractivity contribution in [3.05, 3.63) is 137 Å². The molecule has 1 saturated heterocycles. The van der Waals surface area contributed by atoms with Crippen molar-refractivity contribution in [2.45, 2.75) is 51.1 Å². The van der Waals surface area contributed by atoms with Crippen LogP contribution in [0.25, 0.3) is 0 Å². The molecule has 0 radical (unpaired) electrons.